The lowest BCUT2D eigenvalue weighted by atomic mass is 9.90. The van der Waals surface area contributed by atoms with Crippen LogP contribution in [-0.2, 0) is 16.0 Å². The number of amides is 1. The van der Waals surface area contributed by atoms with Crippen LogP contribution in [0, 0.1) is 0 Å². The van der Waals surface area contributed by atoms with E-state index < -0.39 is 5.54 Å². The number of anilines is 1. The van der Waals surface area contributed by atoms with Gasteiger partial charge in [0.05, 0.1) is 5.54 Å². The number of carbonyl (C=O) groups is 1. The Morgan fingerprint density at radius 1 is 1.41 bits per heavy atom. The normalized spacial score (nSPS) is 23.2. The molecule has 5 heteroatoms. The minimum atomic E-state index is -0.757. The highest BCUT2D eigenvalue weighted by atomic mass is 16.5. The lowest BCUT2D eigenvalue weighted by Gasteiger charge is -2.32. The second-order valence-electron chi connectivity index (χ2n) is 6.40. The molecule has 2 aliphatic rings. The van der Waals surface area contributed by atoms with E-state index in [1.54, 1.807) is 0 Å². The van der Waals surface area contributed by atoms with Crippen molar-refractivity contribution in [3.63, 3.8) is 0 Å². The first-order chi connectivity index (χ1) is 10.6. The summed E-state index contributed by atoms with van der Waals surface area (Å²) in [6.07, 6.45) is 2.27. The number of fused-ring (bicyclic) bond motifs is 1. The Morgan fingerprint density at radius 3 is 2.91 bits per heavy atom. The molecule has 0 spiro atoms. The van der Waals surface area contributed by atoms with Crippen LogP contribution < -0.4 is 16.0 Å². The van der Waals surface area contributed by atoms with Crippen molar-refractivity contribution >= 4 is 11.6 Å². The largest absolute Gasteiger partial charge is 0.381 e. The number of nitrogens with zero attached hydrogens (tertiary/aromatic N) is 1. The van der Waals surface area contributed by atoms with Crippen molar-refractivity contribution in [1.29, 1.82) is 0 Å². The standard InChI is InChI=1S/C17H25N3O2/c1-13-12-14-4-2-3-5-15(14)20(13)9-8-19-16(21)17(18)6-10-22-11-7-17/h2-5,13H,6-12,18H2,1H3,(H,19,21). The number of nitrogens with two attached hydrogens (primary N) is 1. The molecule has 0 bridgehead atoms. The van der Waals surface area contributed by atoms with E-state index in [-0.39, 0.29) is 5.91 Å². The molecular weight excluding hydrogens is 278 g/mol. The summed E-state index contributed by atoms with van der Waals surface area (Å²) < 4.78 is 5.29. The van der Waals surface area contributed by atoms with E-state index in [9.17, 15) is 4.79 Å². The van der Waals surface area contributed by atoms with Gasteiger partial charge < -0.3 is 20.7 Å². The van der Waals surface area contributed by atoms with Crippen LogP contribution in [0.2, 0.25) is 0 Å². The summed E-state index contributed by atoms with van der Waals surface area (Å²) in [4.78, 5) is 14.7. The van der Waals surface area contributed by atoms with Gasteiger partial charge >= 0.3 is 0 Å². The Labute approximate surface area is 131 Å². The molecule has 1 atom stereocenters. The number of benzene rings is 1. The molecule has 120 valence electrons. The topological polar surface area (TPSA) is 67.6 Å². The molecule has 0 radical (unpaired) electrons. The molecular formula is C17H25N3O2. The van der Waals surface area contributed by atoms with Crippen LogP contribution in [-0.4, -0.2) is 43.8 Å². The summed E-state index contributed by atoms with van der Waals surface area (Å²) in [6.45, 7) is 4.81. The maximum absolute atomic E-state index is 12.3. The van der Waals surface area contributed by atoms with E-state index in [1.165, 1.54) is 11.3 Å². The van der Waals surface area contributed by atoms with Crippen LogP contribution in [0.4, 0.5) is 5.69 Å². The quantitative estimate of drug-likeness (QED) is 0.873. The molecule has 1 saturated heterocycles. The molecule has 3 rings (SSSR count). The highest BCUT2D eigenvalue weighted by Crippen LogP contribution is 2.31. The highest BCUT2D eigenvalue weighted by Gasteiger charge is 2.35. The predicted molar refractivity (Wildman–Crippen MR) is 86.9 cm³/mol. The SMILES string of the molecule is CC1Cc2ccccc2N1CCNC(=O)C1(N)CCOCC1. The fourth-order valence-electron chi connectivity index (χ4n) is 3.40. The number of ether oxygens (including phenoxy) is 1. The number of rotatable bonds is 4. The fourth-order valence-corrected chi connectivity index (χ4v) is 3.40. The summed E-state index contributed by atoms with van der Waals surface area (Å²) in [5.41, 5.74) is 8.12. The molecule has 22 heavy (non-hydrogen) atoms. The van der Waals surface area contributed by atoms with Gasteiger partial charge in [-0.2, -0.15) is 0 Å². The molecule has 1 aromatic rings. The second-order valence-corrected chi connectivity index (χ2v) is 6.40. The second kappa shape index (κ2) is 6.26. The van der Waals surface area contributed by atoms with Crippen LogP contribution in [0.25, 0.3) is 0 Å². The summed E-state index contributed by atoms with van der Waals surface area (Å²) in [5, 5.41) is 3.01. The van der Waals surface area contributed by atoms with E-state index >= 15 is 0 Å². The van der Waals surface area contributed by atoms with Crippen molar-refractivity contribution in [2.24, 2.45) is 5.73 Å². The van der Waals surface area contributed by atoms with Gasteiger partial charge in [-0.25, -0.2) is 0 Å². The van der Waals surface area contributed by atoms with Crippen LogP contribution in [0.3, 0.4) is 0 Å². The van der Waals surface area contributed by atoms with E-state index in [2.05, 4.69) is 41.4 Å². The zero-order valence-corrected chi connectivity index (χ0v) is 13.2. The molecule has 5 nitrogen and oxygen atoms in total. The summed E-state index contributed by atoms with van der Waals surface area (Å²) >= 11 is 0. The zero-order chi connectivity index (χ0) is 15.6. The van der Waals surface area contributed by atoms with Gasteiger partial charge in [-0.1, -0.05) is 18.2 Å². The smallest absolute Gasteiger partial charge is 0.240 e. The van der Waals surface area contributed by atoms with Crippen LogP contribution in [0.5, 0.6) is 0 Å². The Bertz CT molecular complexity index is 540. The third-order valence-electron chi connectivity index (χ3n) is 4.82. The van der Waals surface area contributed by atoms with Crippen molar-refractivity contribution in [3.05, 3.63) is 29.8 Å². The number of hydrogen-bond donors (Lipinski definition) is 2. The van der Waals surface area contributed by atoms with E-state index in [0.29, 0.717) is 38.6 Å². The van der Waals surface area contributed by atoms with Gasteiger partial charge in [0.15, 0.2) is 0 Å². The monoisotopic (exact) mass is 303 g/mol. The molecule has 1 unspecified atom stereocenters. The molecule has 0 aromatic heterocycles. The van der Waals surface area contributed by atoms with Gasteiger partial charge in [0, 0.05) is 38.0 Å². The minimum absolute atomic E-state index is 0.0454. The van der Waals surface area contributed by atoms with Crippen molar-refractivity contribution in [2.45, 2.75) is 37.8 Å². The first-order valence-corrected chi connectivity index (χ1v) is 8.10. The molecule has 1 amide bonds. The van der Waals surface area contributed by atoms with E-state index in [0.717, 1.165) is 13.0 Å². The summed E-state index contributed by atoms with van der Waals surface area (Å²) in [7, 11) is 0. The van der Waals surface area contributed by atoms with Crippen LogP contribution in [0.1, 0.15) is 25.3 Å². The third-order valence-corrected chi connectivity index (χ3v) is 4.82. The molecule has 0 saturated carbocycles. The molecule has 1 aromatic carbocycles. The first-order valence-electron chi connectivity index (χ1n) is 8.10. The summed E-state index contributed by atoms with van der Waals surface area (Å²) in [6, 6.07) is 8.97. The molecule has 1 fully saturated rings. The van der Waals surface area contributed by atoms with Crippen molar-refractivity contribution in [3.8, 4) is 0 Å². The Morgan fingerprint density at radius 2 is 2.14 bits per heavy atom. The maximum atomic E-state index is 12.3. The van der Waals surface area contributed by atoms with Crippen molar-refractivity contribution < 1.29 is 9.53 Å². The number of hydrogen-bond acceptors (Lipinski definition) is 4. The van der Waals surface area contributed by atoms with Gasteiger partial charge in [-0.15, -0.1) is 0 Å². The molecule has 3 N–H and O–H groups in total. The Balaban J connectivity index is 1.54. The minimum Gasteiger partial charge on any atom is -0.381 e. The Kier molecular flexibility index (Phi) is 4.36. The van der Waals surface area contributed by atoms with Gasteiger partial charge in [-0.05, 0) is 37.8 Å². The van der Waals surface area contributed by atoms with Gasteiger partial charge in [0.2, 0.25) is 5.91 Å². The highest BCUT2D eigenvalue weighted by molar-refractivity contribution is 5.86. The molecule has 0 aliphatic carbocycles. The molecule has 2 heterocycles. The number of para-hydroxylation sites is 1. The molecule has 2 aliphatic heterocycles. The predicted octanol–water partition coefficient (Wildman–Crippen LogP) is 1.06. The number of nitrogens with one attached hydrogen (secondary N) is 1. The maximum Gasteiger partial charge on any atom is 0.240 e. The average molecular weight is 303 g/mol. The van der Waals surface area contributed by atoms with Crippen molar-refractivity contribution in [2.75, 3.05) is 31.2 Å². The third kappa shape index (κ3) is 2.96. The number of carbonyl (C=O) groups excluding carboxylic acids is 1. The summed E-state index contributed by atoms with van der Waals surface area (Å²) in [5.74, 6) is -0.0454. The van der Waals surface area contributed by atoms with Gasteiger partial charge in [0.25, 0.3) is 0 Å². The van der Waals surface area contributed by atoms with Crippen LogP contribution in [0.15, 0.2) is 24.3 Å². The van der Waals surface area contributed by atoms with E-state index in [1.807, 2.05) is 0 Å². The zero-order valence-electron chi connectivity index (χ0n) is 13.2. The lowest BCUT2D eigenvalue weighted by Crippen LogP contribution is -2.57. The van der Waals surface area contributed by atoms with Gasteiger partial charge in [0.1, 0.15) is 0 Å². The first kappa shape index (κ1) is 15.3. The average Bonchev–Trinajstić information content (AvgIpc) is 2.84. The Hall–Kier alpha value is -1.59. The lowest BCUT2D eigenvalue weighted by molar-refractivity contribution is -0.129. The fraction of sp³-hybridized carbons (Fsp3) is 0.588. The van der Waals surface area contributed by atoms with Crippen LogP contribution >= 0.6 is 0 Å². The van der Waals surface area contributed by atoms with Gasteiger partial charge in [-0.3, -0.25) is 4.79 Å². The van der Waals surface area contributed by atoms with Crippen molar-refractivity contribution in [1.82, 2.24) is 5.32 Å². The van der Waals surface area contributed by atoms with E-state index in [4.69, 9.17) is 10.5 Å².